The van der Waals surface area contributed by atoms with Gasteiger partial charge in [-0.1, -0.05) is 54.9 Å². The van der Waals surface area contributed by atoms with E-state index in [9.17, 15) is 9.59 Å². The number of benzene rings is 2. The van der Waals surface area contributed by atoms with Gasteiger partial charge < -0.3 is 4.98 Å². The number of anilines is 1. The summed E-state index contributed by atoms with van der Waals surface area (Å²) < 4.78 is 1.04. The molecule has 3 aliphatic rings. The SMILES string of the molecule is CC(C)(C)C1CC[C@H]2c3c([nH]c4ccc(Br)cc34)[C@H]3C(=O)N(c4ccccc4)C(=O)[C@H]3[C@H]2C1. The molecule has 4 nitrogen and oxygen atoms in total. The zero-order valence-electron chi connectivity index (χ0n) is 19.3. The summed E-state index contributed by atoms with van der Waals surface area (Å²) in [4.78, 5) is 32.9. The van der Waals surface area contributed by atoms with E-state index < -0.39 is 5.92 Å². The molecule has 1 saturated heterocycles. The standard InChI is InChI=1S/C28H29BrN2O2/c1-28(2,3)15-9-11-18-19(13-15)23-24(25-22(18)20-14-16(29)10-12-21(20)30-25)27(33)31(26(23)32)17-7-5-4-6-8-17/h4-8,10,12,14-15,18-19,23-24,30H,9,11,13H2,1-3H3/t15?,18-,19+,23+,24+/m1/s1. The molecule has 2 fully saturated rings. The number of nitrogens with one attached hydrogen (secondary N) is 1. The van der Waals surface area contributed by atoms with Crippen molar-refractivity contribution in [3.8, 4) is 0 Å². The van der Waals surface area contributed by atoms with Gasteiger partial charge in [0.15, 0.2) is 0 Å². The Hall–Kier alpha value is -2.40. The molecule has 170 valence electrons. The maximum atomic E-state index is 13.9. The summed E-state index contributed by atoms with van der Waals surface area (Å²) >= 11 is 3.64. The maximum absolute atomic E-state index is 13.9. The number of aromatic nitrogens is 1. The second-order valence-electron chi connectivity index (χ2n) is 11.1. The number of hydrogen-bond acceptors (Lipinski definition) is 2. The van der Waals surface area contributed by atoms with E-state index in [0.717, 1.165) is 34.9 Å². The van der Waals surface area contributed by atoms with Crippen LogP contribution in [0.3, 0.4) is 0 Å². The lowest BCUT2D eigenvalue weighted by atomic mass is 9.56. The van der Waals surface area contributed by atoms with E-state index in [1.165, 1.54) is 15.8 Å². The minimum atomic E-state index is -0.432. The molecule has 5 heteroatoms. The van der Waals surface area contributed by atoms with Gasteiger partial charge in [0, 0.05) is 21.1 Å². The summed E-state index contributed by atoms with van der Waals surface area (Å²) in [7, 11) is 0. The van der Waals surface area contributed by atoms with Crippen molar-refractivity contribution in [3.63, 3.8) is 0 Å². The Morgan fingerprint density at radius 3 is 2.48 bits per heavy atom. The summed E-state index contributed by atoms with van der Waals surface area (Å²) in [6.45, 7) is 6.93. The summed E-state index contributed by atoms with van der Waals surface area (Å²) in [5.74, 6) is 0.201. The number of halogens is 1. The zero-order valence-corrected chi connectivity index (χ0v) is 20.9. The molecule has 1 aliphatic heterocycles. The zero-order chi connectivity index (χ0) is 23.1. The van der Waals surface area contributed by atoms with E-state index in [-0.39, 0.29) is 29.1 Å². The first-order valence-electron chi connectivity index (χ1n) is 12.0. The van der Waals surface area contributed by atoms with Crippen LogP contribution in [-0.4, -0.2) is 16.8 Å². The molecule has 1 N–H and O–H groups in total. The van der Waals surface area contributed by atoms with Gasteiger partial charge >= 0.3 is 0 Å². The Labute approximate surface area is 202 Å². The minimum absolute atomic E-state index is 0.0220. The summed E-state index contributed by atoms with van der Waals surface area (Å²) in [5, 5.41) is 1.19. The summed E-state index contributed by atoms with van der Waals surface area (Å²) in [5.41, 5.74) is 4.18. The molecule has 6 rings (SSSR count). The number of H-pyrrole nitrogens is 1. The molecule has 5 atom stereocenters. The Morgan fingerprint density at radius 2 is 1.76 bits per heavy atom. The van der Waals surface area contributed by atoms with Crippen LogP contribution in [0.2, 0.25) is 0 Å². The second kappa shape index (κ2) is 7.30. The Kier molecular flexibility index (Phi) is 4.68. The van der Waals surface area contributed by atoms with Gasteiger partial charge in [-0.25, -0.2) is 4.90 Å². The van der Waals surface area contributed by atoms with Crippen LogP contribution in [0.15, 0.2) is 53.0 Å². The molecule has 33 heavy (non-hydrogen) atoms. The number of para-hydroxylation sites is 1. The van der Waals surface area contributed by atoms with E-state index in [1.807, 2.05) is 36.4 Å². The number of aromatic amines is 1. The third-order valence-electron chi connectivity index (χ3n) is 8.46. The van der Waals surface area contributed by atoms with Gasteiger partial charge in [0.2, 0.25) is 11.8 Å². The summed E-state index contributed by atoms with van der Waals surface area (Å²) in [6.07, 6.45) is 3.22. The number of imide groups is 1. The smallest absolute Gasteiger partial charge is 0.243 e. The highest BCUT2D eigenvalue weighted by Gasteiger charge is 2.59. The van der Waals surface area contributed by atoms with Gasteiger partial charge in [0.05, 0.1) is 17.5 Å². The van der Waals surface area contributed by atoms with Crippen LogP contribution in [0, 0.1) is 23.2 Å². The van der Waals surface area contributed by atoms with Crippen LogP contribution in [0.5, 0.6) is 0 Å². The number of carbonyl (C=O) groups is 2. The molecule has 1 saturated carbocycles. The summed E-state index contributed by atoms with van der Waals surface area (Å²) in [6, 6.07) is 15.7. The van der Waals surface area contributed by atoms with Crippen LogP contribution in [0.25, 0.3) is 10.9 Å². The van der Waals surface area contributed by atoms with Gasteiger partial charge in [0.25, 0.3) is 0 Å². The van der Waals surface area contributed by atoms with Crippen molar-refractivity contribution in [2.45, 2.75) is 51.9 Å². The predicted molar refractivity (Wildman–Crippen MR) is 134 cm³/mol. The minimum Gasteiger partial charge on any atom is -0.357 e. The van der Waals surface area contributed by atoms with E-state index in [2.05, 4.69) is 53.8 Å². The highest BCUT2D eigenvalue weighted by Crippen LogP contribution is 2.60. The Balaban J connectivity index is 1.55. The van der Waals surface area contributed by atoms with E-state index in [4.69, 9.17) is 0 Å². The molecule has 3 aromatic rings. The van der Waals surface area contributed by atoms with Crippen LogP contribution in [0.4, 0.5) is 5.69 Å². The van der Waals surface area contributed by atoms with E-state index >= 15 is 0 Å². The van der Waals surface area contributed by atoms with Crippen molar-refractivity contribution in [2.75, 3.05) is 4.90 Å². The molecule has 0 radical (unpaired) electrons. The predicted octanol–water partition coefficient (Wildman–Crippen LogP) is 6.76. The quantitative estimate of drug-likeness (QED) is 0.372. The van der Waals surface area contributed by atoms with Crippen molar-refractivity contribution in [1.82, 2.24) is 4.98 Å². The van der Waals surface area contributed by atoms with Gasteiger partial charge in [0.1, 0.15) is 0 Å². The van der Waals surface area contributed by atoms with Crippen LogP contribution >= 0.6 is 15.9 Å². The van der Waals surface area contributed by atoms with Crippen molar-refractivity contribution < 1.29 is 9.59 Å². The number of amides is 2. The van der Waals surface area contributed by atoms with E-state index in [0.29, 0.717) is 17.5 Å². The molecule has 0 bridgehead atoms. The van der Waals surface area contributed by atoms with Gasteiger partial charge in [-0.05, 0) is 78.3 Å². The number of nitrogens with zero attached hydrogens (tertiary/aromatic N) is 1. The third-order valence-corrected chi connectivity index (χ3v) is 8.96. The van der Waals surface area contributed by atoms with Crippen molar-refractivity contribution in [3.05, 3.63) is 64.3 Å². The molecular formula is C28H29BrN2O2. The average Bonchev–Trinajstić information content (AvgIpc) is 3.28. The number of fused-ring (bicyclic) bond motifs is 8. The average molecular weight is 505 g/mol. The number of rotatable bonds is 1. The van der Waals surface area contributed by atoms with Crippen molar-refractivity contribution in [1.29, 1.82) is 0 Å². The molecule has 1 aromatic heterocycles. The molecule has 2 heterocycles. The second-order valence-corrected chi connectivity index (χ2v) is 12.1. The first-order chi connectivity index (χ1) is 15.8. The fraction of sp³-hybridized carbons (Fsp3) is 0.429. The third kappa shape index (κ3) is 3.08. The molecule has 0 spiro atoms. The van der Waals surface area contributed by atoms with Gasteiger partial charge in [-0.3, -0.25) is 9.59 Å². The van der Waals surface area contributed by atoms with Crippen LogP contribution < -0.4 is 4.90 Å². The number of carbonyl (C=O) groups excluding carboxylic acids is 2. The topological polar surface area (TPSA) is 53.2 Å². The molecular weight excluding hydrogens is 476 g/mol. The first kappa shape index (κ1) is 21.2. The highest BCUT2D eigenvalue weighted by atomic mass is 79.9. The largest absolute Gasteiger partial charge is 0.357 e. The maximum Gasteiger partial charge on any atom is 0.243 e. The molecule has 2 aromatic carbocycles. The monoisotopic (exact) mass is 504 g/mol. The lowest BCUT2D eigenvalue weighted by molar-refractivity contribution is -0.123. The Morgan fingerprint density at radius 1 is 1.00 bits per heavy atom. The van der Waals surface area contributed by atoms with Gasteiger partial charge in [-0.15, -0.1) is 0 Å². The molecule has 2 aliphatic carbocycles. The van der Waals surface area contributed by atoms with E-state index in [1.54, 1.807) is 0 Å². The van der Waals surface area contributed by atoms with Crippen molar-refractivity contribution in [2.24, 2.45) is 23.2 Å². The lowest BCUT2D eigenvalue weighted by Gasteiger charge is -2.47. The molecule has 2 amide bonds. The van der Waals surface area contributed by atoms with Crippen LogP contribution in [-0.2, 0) is 9.59 Å². The fourth-order valence-electron chi connectivity index (χ4n) is 6.86. The van der Waals surface area contributed by atoms with Crippen molar-refractivity contribution >= 4 is 44.3 Å². The Bertz CT molecular complexity index is 1270. The number of hydrogen-bond donors (Lipinski definition) is 1. The molecule has 1 unspecified atom stereocenters. The highest BCUT2D eigenvalue weighted by molar-refractivity contribution is 9.10. The van der Waals surface area contributed by atoms with Crippen LogP contribution in [0.1, 0.15) is 63.1 Å². The first-order valence-corrected chi connectivity index (χ1v) is 12.8. The fourth-order valence-corrected chi connectivity index (χ4v) is 7.22. The van der Waals surface area contributed by atoms with Gasteiger partial charge in [-0.2, -0.15) is 0 Å². The normalized spacial score (nSPS) is 29.2. The lowest BCUT2D eigenvalue weighted by Crippen LogP contribution is -2.41.